The van der Waals surface area contributed by atoms with Crippen molar-refractivity contribution in [3.8, 4) is 5.75 Å². The van der Waals surface area contributed by atoms with E-state index in [1.54, 1.807) is 13.2 Å². The summed E-state index contributed by atoms with van der Waals surface area (Å²) in [6, 6.07) is 4.30. The van der Waals surface area contributed by atoms with Gasteiger partial charge in [0.05, 0.1) is 7.11 Å². The lowest BCUT2D eigenvalue weighted by atomic mass is 10.0. The van der Waals surface area contributed by atoms with Crippen LogP contribution in [0.3, 0.4) is 0 Å². The number of aryl methyl sites for hydroxylation is 1. The number of fused-ring (bicyclic) bond motifs is 1. The Morgan fingerprint density at radius 3 is 2.74 bits per heavy atom. The quantitative estimate of drug-likeness (QED) is 0.822. The number of aromatic amines is 1. The summed E-state index contributed by atoms with van der Waals surface area (Å²) in [6.07, 6.45) is 7.27. The fourth-order valence-corrected chi connectivity index (χ4v) is 2.96. The first-order valence-corrected chi connectivity index (χ1v) is 8.19. The van der Waals surface area contributed by atoms with Gasteiger partial charge in [0.1, 0.15) is 5.75 Å². The second-order valence-electron chi connectivity index (χ2n) is 6.08. The van der Waals surface area contributed by atoms with Crippen LogP contribution in [0.1, 0.15) is 31.4 Å². The number of hydrogen-bond acceptors (Lipinski definition) is 2. The van der Waals surface area contributed by atoms with Gasteiger partial charge >= 0.3 is 0 Å². The van der Waals surface area contributed by atoms with Crippen LogP contribution in [0.15, 0.2) is 42.6 Å². The topological polar surface area (TPSA) is 28.3 Å². The van der Waals surface area contributed by atoms with Crippen molar-refractivity contribution in [3.05, 3.63) is 53.8 Å². The van der Waals surface area contributed by atoms with E-state index in [1.165, 1.54) is 34.0 Å². The molecule has 2 aromatic rings. The summed E-state index contributed by atoms with van der Waals surface area (Å²) >= 11 is 0. The Kier molecular flexibility index (Phi) is 6.05. The fraction of sp³-hybridized carbons (Fsp3) is 0.400. The lowest BCUT2D eigenvalue weighted by Crippen LogP contribution is -2.28. The van der Waals surface area contributed by atoms with Crippen LogP contribution < -0.4 is 4.74 Å². The molecule has 0 fully saturated rings. The van der Waals surface area contributed by atoms with E-state index >= 15 is 0 Å². The first-order valence-electron chi connectivity index (χ1n) is 8.19. The zero-order chi connectivity index (χ0) is 16.8. The Hall–Kier alpha value is -2.00. The molecule has 0 atom stereocenters. The van der Waals surface area contributed by atoms with Crippen LogP contribution in [0.5, 0.6) is 5.75 Å². The molecule has 23 heavy (non-hydrogen) atoms. The van der Waals surface area contributed by atoms with Gasteiger partial charge in [-0.05, 0) is 44.9 Å². The summed E-state index contributed by atoms with van der Waals surface area (Å²) in [5.74, 6) is 1.00. The number of nitrogens with zero attached hydrogens (tertiary/aromatic N) is 1. The number of allylic oxidation sites excluding steroid dienone is 1. The number of ether oxygens (including phenoxy) is 1. The van der Waals surface area contributed by atoms with Crippen molar-refractivity contribution in [2.45, 2.75) is 33.7 Å². The van der Waals surface area contributed by atoms with E-state index in [1.807, 2.05) is 13.1 Å². The van der Waals surface area contributed by atoms with E-state index < -0.39 is 0 Å². The van der Waals surface area contributed by atoms with Gasteiger partial charge in [-0.15, -0.1) is 6.58 Å². The molecule has 0 bridgehead atoms. The van der Waals surface area contributed by atoms with Crippen molar-refractivity contribution >= 4 is 10.9 Å². The van der Waals surface area contributed by atoms with Crippen LogP contribution >= 0.6 is 0 Å². The molecule has 0 saturated heterocycles. The van der Waals surface area contributed by atoms with E-state index in [9.17, 15) is 0 Å². The molecule has 0 amide bonds. The van der Waals surface area contributed by atoms with E-state index in [4.69, 9.17) is 4.74 Å². The van der Waals surface area contributed by atoms with E-state index in [0.717, 1.165) is 25.4 Å². The normalized spacial score (nSPS) is 14.9. The molecule has 1 aromatic carbocycles. The number of aromatic nitrogens is 1. The zero-order valence-corrected chi connectivity index (χ0v) is 14.8. The molecule has 124 valence electrons. The van der Waals surface area contributed by atoms with Gasteiger partial charge in [-0.25, -0.2) is 0 Å². The van der Waals surface area contributed by atoms with Crippen molar-refractivity contribution in [1.82, 2.24) is 9.88 Å². The number of rotatable bonds is 3. The predicted octanol–water partition coefficient (Wildman–Crippen LogP) is 4.83. The van der Waals surface area contributed by atoms with Crippen LogP contribution in [-0.2, 0) is 6.54 Å². The highest BCUT2D eigenvalue weighted by Gasteiger charge is 2.16. The molecule has 3 heteroatoms. The molecule has 1 aromatic heterocycles. The smallest absolute Gasteiger partial charge is 0.124 e. The number of hydrogen-bond donors (Lipinski definition) is 1. The van der Waals surface area contributed by atoms with Crippen LogP contribution in [-0.4, -0.2) is 30.1 Å². The third kappa shape index (κ3) is 4.05. The molecule has 3 nitrogen and oxygen atoms in total. The maximum Gasteiger partial charge on any atom is 0.124 e. The molecule has 1 N–H and O–H groups in total. The van der Waals surface area contributed by atoms with Crippen LogP contribution in [0.2, 0.25) is 0 Å². The minimum Gasteiger partial charge on any atom is -0.496 e. The predicted molar refractivity (Wildman–Crippen MR) is 99.1 cm³/mol. The molecule has 3 rings (SSSR count). The molecular weight excluding hydrogens is 284 g/mol. The fourth-order valence-electron chi connectivity index (χ4n) is 2.96. The lowest BCUT2D eigenvalue weighted by Gasteiger charge is -2.26. The van der Waals surface area contributed by atoms with E-state index in [2.05, 4.69) is 48.5 Å². The summed E-state index contributed by atoms with van der Waals surface area (Å²) in [5, 5.41) is 1.29. The average molecular weight is 312 g/mol. The van der Waals surface area contributed by atoms with Gasteiger partial charge in [-0.2, -0.15) is 0 Å². The van der Waals surface area contributed by atoms with Crippen molar-refractivity contribution in [1.29, 1.82) is 0 Å². The first kappa shape index (κ1) is 17.4. The Balaban J connectivity index is 0.000000595. The number of methoxy groups -OCH3 is 1. The van der Waals surface area contributed by atoms with Gasteiger partial charge in [0, 0.05) is 42.3 Å². The molecule has 0 spiro atoms. The van der Waals surface area contributed by atoms with Crippen molar-refractivity contribution in [2.75, 3.05) is 20.2 Å². The Bertz CT molecular complexity index is 697. The second-order valence-corrected chi connectivity index (χ2v) is 6.08. The van der Waals surface area contributed by atoms with Crippen LogP contribution in [0, 0.1) is 6.92 Å². The number of H-pyrrole nitrogens is 1. The Labute approximate surface area is 139 Å². The van der Waals surface area contributed by atoms with Gasteiger partial charge in [-0.1, -0.05) is 17.7 Å². The Morgan fingerprint density at radius 2 is 2.13 bits per heavy atom. The summed E-state index contributed by atoms with van der Waals surface area (Å²) in [4.78, 5) is 5.82. The molecule has 1 aliphatic rings. The van der Waals surface area contributed by atoms with Gasteiger partial charge in [0.2, 0.25) is 0 Å². The monoisotopic (exact) mass is 312 g/mol. The van der Waals surface area contributed by atoms with Crippen molar-refractivity contribution in [2.24, 2.45) is 0 Å². The summed E-state index contributed by atoms with van der Waals surface area (Å²) in [7, 11) is 1.76. The van der Waals surface area contributed by atoms with Crippen LogP contribution in [0.4, 0.5) is 0 Å². The molecule has 0 aliphatic carbocycles. The molecule has 1 aliphatic heterocycles. The summed E-state index contributed by atoms with van der Waals surface area (Å²) in [5.41, 5.74) is 5.26. The lowest BCUT2D eigenvalue weighted by molar-refractivity contribution is 0.281. The van der Waals surface area contributed by atoms with Crippen molar-refractivity contribution < 1.29 is 4.74 Å². The highest BCUT2D eigenvalue weighted by molar-refractivity contribution is 5.88. The minimum atomic E-state index is 0.946. The maximum absolute atomic E-state index is 5.61. The van der Waals surface area contributed by atoms with E-state index in [0.29, 0.717) is 0 Å². The summed E-state index contributed by atoms with van der Waals surface area (Å²) in [6.45, 7) is 12.7. The maximum atomic E-state index is 5.61. The highest BCUT2D eigenvalue weighted by Crippen LogP contribution is 2.32. The molecular formula is C20H28N2O. The number of nitrogens with one attached hydrogen (secondary N) is 1. The number of benzene rings is 1. The zero-order valence-electron chi connectivity index (χ0n) is 14.8. The summed E-state index contributed by atoms with van der Waals surface area (Å²) < 4.78 is 5.61. The van der Waals surface area contributed by atoms with Gasteiger partial charge in [0.25, 0.3) is 0 Å². The molecule has 2 heterocycles. The van der Waals surface area contributed by atoms with Crippen LogP contribution in [0.25, 0.3) is 10.9 Å². The Morgan fingerprint density at radius 1 is 1.39 bits per heavy atom. The van der Waals surface area contributed by atoms with Gasteiger partial charge in [-0.3, -0.25) is 4.90 Å². The van der Waals surface area contributed by atoms with Gasteiger partial charge in [0.15, 0.2) is 0 Å². The van der Waals surface area contributed by atoms with E-state index in [-0.39, 0.29) is 0 Å². The largest absolute Gasteiger partial charge is 0.496 e. The van der Waals surface area contributed by atoms with Crippen molar-refractivity contribution in [3.63, 3.8) is 0 Å². The van der Waals surface area contributed by atoms with Gasteiger partial charge < -0.3 is 9.72 Å². The third-order valence-electron chi connectivity index (χ3n) is 4.23. The third-order valence-corrected chi connectivity index (χ3v) is 4.23. The standard InChI is InChI=1S/C17H22N2O.C3H6/c1-12-5-8-19(9-6-12)11-15-14-4-7-18-17(14)13(2)10-16(15)20-3;1-3-2/h4-5,7,10,18H,6,8-9,11H2,1-3H3;3H,1H2,2H3. The highest BCUT2D eigenvalue weighted by atomic mass is 16.5. The average Bonchev–Trinajstić information content (AvgIpc) is 3.03. The molecule has 0 saturated carbocycles. The second kappa shape index (κ2) is 8.02. The first-order chi connectivity index (χ1) is 11.1. The minimum absolute atomic E-state index is 0.946. The molecule has 0 radical (unpaired) electrons. The SMILES string of the molecule is C=CC.COc1cc(C)c2[nH]ccc2c1CN1CC=C(C)CC1. The molecule has 0 unspecified atom stereocenters.